The minimum atomic E-state index is -4.84. The van der Waals surface area contributed by atoms with Crippen LogP contribution in [-0.4, -0.2) is 48.7 Å². The fraction of sp³-hybridized carbons (Fsp3) is 0.550. The van der Waals surface area contributed by atoms with Crippen molar-refractivity contribution in [2.75, 3.05) is 5.32 Å². The maximum absolute atomic E-state index is 13.7. The maximum atomic E-state index is 13.7. The highest BCUT2D eigenvalue weighted by Gasteiger charge is 2.45. The van der Waals surface area contributed by atoms with Gasteiger partial charge in [0.15, 0.2) is 11.5 Å². The second-order valence-electron chi connectivity index (χ2n) is 9.07. The number of anilines is 1. The van der Waals surface area contributed by atoms with Gasteiger partial charge in [-0.1, -0.05) is 13.8 Å². The SMILES string of the molecule is CC1(C)CC(=O)c2c(C(F)(F)F)nn(-c3ncc(C(N)=O)c(NC4CCCC4O)n3)c2C1. The van der Waals surface area contributed by atoms with Gasteiger partial charge in [-0.15, -0.1) is 0 Å². The molecule has 1 fully saturated rings. The topological polar surface area (TPSA) is 136 Å². The minimum absolute atomic E-state index is 0.00680. The van der Waals surface area contributed by atoms with Gasteiger partial charge in [0, 0.05) is 12.6 Å². The van der Waals surface area contributed by atoms with Gasteiger partial charge in [0.25, 0.3) is 11.9 Å². The van der Waals surface area contributed by atoms with Gasteiger partial charge >= 0.3 is 6.18 Å². The van der Waals surface area contributed by atoms with E-state index in [9.17, 15) is 27.9 Å². The molecule has 2 aromatic rings. The smallest absolute Gasteiger partial charge is 0.391 e. The number of nitrogens with two attached hydrogens (primary N) is 1. The second kappa shape index (κ2) is 7.54. The molecule has 9 nitrogen and oxygen atoms in total. The molecule has 2 aromatic heterocycles. The fourth-order valence-corrected chi connectivity index (χ4v) is 4.36. The average molecular weight is 452 g/mol. The number of nitrogens with one attached hydrogen (secondary N) is 1. The van der Waals surface area contributed by atoms with E-state index >= 15 is 0 Å². The number of halogens is 3. The van der Waals surface area contributed by atoms with E-state index < -0.39 is 46.7 Å². The Morgan fingerprint density at radius 2 is 2.03 bits per heavy atom. The molecule has 32 heavy (non-hydrogen) atoms. The van der Waals surface area contributed by atoms with Crippen LogP contribution < -0.4 is 11.1 Å². The fourth-order valence-electron chi connectivity index (χ4n) is 4.36. The van der Waals surface area contributed by atoms with Crippen LogP contribution in [0.5, 0.6) is 0 Å². The zero-order chi connectivity index (χ0) is 23.4. The van der Waals surface area contributed by atoms with E-state index in [0.717, 1.165) is 17.3 Å². The zero-order valence-electron chi connectivity index (χ0n) is 17.5. The lowest BCUT2D eigenvalue weighted by Gasteiger charge is -2.29. The number of aliphatic hydroxyl groups is 1. The molecule has 0 radical (unpaired) electrons. The summed E-state index contributed by atoms with van der Waals surface area (Å²) in [7, 11) is 0. The predicted octanol–water partition coefficient (Wildman–Crippen LogP) is 2.26. The number of amides is 1. The van der Waals surface area contributed by atoms with Crippen molar-refractivity contribution in [1.82, 2.24) is 19.7 Å². The van der Waals surface area contributed by atoms with E-state index in [1.165, 1.54) is 0 Å². The molecule has 2 heterocycles. The summed E-state index contributed by atoms with van der Waals surface area (Å²) in [5.41, 5.74) is 3.07. The Kier molecular flexibility index (Phi) is 5.23. The van der Waals surface area contributed by atoms with Crippen molar-refractivity contribution < 1.29 is 27.9 Å². The minimum Gasteiger partial charge on any atom is -0.391 e. The number of ketones is 1. The van der Waals surface area contributed by atoms with Crippen molar-refractivity contribution >= 4 is 17.5 Å². The standard InChI is InChI=1S/C20H23F3N6O3/c1-19(2)6-11-14(13(31)7-19)15(20(21,22)23)28-29(11)18-25-8-9(16(24)32)17(27-18)26-10-4-3-5-12(10)30/h8,10,12,30H,3-7H2,1-2H3,(H2,24,32)(H,25,26,27). The van der Waals surface area contributed by atoms with Crippen LogP contribution in [0.4, 0.5) is 19.0 Å². The Labute approximate surface area is 181 Å². The van der Waals surface area contributed by atoms with Gasteiger partial charge in [0.05, 0.1) is 29.0 Å². The zero-order valence-corrected chi connectivity index (χ0v) is 17.5. The third-order valence-electron chi connectivity index (χ3n) is 5.85. The van der Waals surface area contributed by atoms with Crippen LogP contribution in [0.1, 0.15) is 71.6 Å². The van der Waals surface area contributed by atoms with E-state index in [0.29, 0.717) is 12.8 Å². The summed E-state index contributed by atoms with van der Waals surface area (Å²) in [5, 5.41) is 16.7. The molecule has 0 aliphatic heterocycles. The first-order chi connectivity index (χ1) is 14.9. The normalized spacial score (nSPS) is 22.6. The molecule has 0 aromatic carbocycles. The molecule has 0 spiro atoms. The Balaban J connectivity index is 1.86. The van der Waals surface area contributed by atoms with Crippen molar-refractivity contribution in [3.8, 4) is 5.95 Å². The molecule has 2 atom stereocenters. The van der Waals surface area contributed by atoms with Gasteiger partial charge in [-0.2, -0.15) is 23.3 Å². The second-order valence-corrected chi connectivity index (χ2v) is 9.07. The first-order valence-corrected chi connectivity index (χ1v) is 10.2. The van der Waals surface area contributed by atoms with Crippen LogP contribution >= 0.6 is 0 Å². The van der Waals surface area contributed by atoms with Crippen LogP contribution in [0.3, 0.4) is 0 Å². The molecule has 12 heteroatoms. The molecular formula is C20H23F3N6O3. The number of aromatic nitrogens is 4. The van der Waals surface area contributed by atoms with E-state index in [1.54, 1.807) is 13.8 Å². The van der Waals surface area contributed by atoms with Gasteiger partial charge < -0.3 is 16.2 Å². The highest BCUT2D eigenvalue weighted by Crippen LogP contribution is 2.41. The molecule has 2 aliphatic rings. The molecule has 172 valence electrons. The van der Waals surface area contributed by atoms with Gasteiger partial charge in [-0.05, 0) is 31.1 Å². The van der Waals surface area contributed by atoms with Gasteiger partial charge in [-0.25, -0.2) is 9.67 Å². The number of rotatable bonds is 4. The molecule has 0 saturated heterocycles. The number of carbonyl (C=O) groups excluding carboxylic acids is 2. The molecule has 4 rings (SSSR count). The number of fused-ring (bicyclic) bond motifs is 1. The molecule has 0 bridgehead atoms. The van der Waals surface area contributed by atoms with Gasteiger partial charge in [0.2, 0.25) is 0 Å². The summed E-state index contributed by atoms with van der Waals surface area (Å²) >= 11 is 0. The number of Topliss-reactive ketones (excluding diaryl/α,β-unsaturated/α-hetero) is 1. The highest BCUT2D eigenvalue weighted by atomic mass is 19.4. The van der Waals surface area contributed by atoms with Crippen LogP contribution in [0, 0.1) is 5.41 Å². The van der Waals surface area contributed by atoms with Crippen LogP contribution in [0.2, 0.25) is 0 Å². The summed E-state index contributed by atoms with van der Waals surface area (Å²) in [6.07, 6.45) is -2.33. The number of alkyl halides is 3. The van der Waals surface area contributed by atoms with Crippen LogP contribution in [0.25, 0.3) is 5.95 Å². The van der Waals surface area contributed by atoms with E-state index in [-0.39, 0.29) is 35.9 Å². The Hall–Kier alpha value is -3.02. The molecular weight excluding hydrogens is 429 g/mol. The van der Waals surface area contributed by atoms with Crippen molar-refractivity contribution in [3.63, 3.8) is 0 Å². The number of hydrogen-bond acceptors (Lipinski definition) is 7. The lowest BCUT2D eigenvalue weighted by Crippen LogP contribution is -2.31. The number of primary amides is 1. The summed E-state index contributed by atoms with van der Waals surface area (Å²) in [5.74, 6) is -1.72. The molecule has 2 aliphatic carbocycles. The molecule has 1 saturated carbocycles. The van der Waals surface area contributed by atoms with Crippen molar-refractivity contribution in [3.05, 3.63) is 28.7 Å². The Bertz CT molecular complexity index is 1090. The number of hydrogen-bond donors (Lipinski definition) is 3. The number of aliphatic hydroxyl groups excluding tert-OH is 1. The first kappa shape index (κ1) is 22.2. The predicted molar refractivity (Wildman–Crippen MR) is 106 cm³/mol. The molecule has 4 N–H and O–H groups in total. The third kappa shape index (κ3) is 3.94. The van der Waals surface area contributed by atoms with Crippen molar-refractivity contribution in [2.24, 2.45) is 11.1 Å². The monoisotopic (exact) mass is 452 g/mol. The van der Waals surface area contributed by atoms with E-state index in [4.69, 9.17) is 5.73 Å². The van der Waals surface area contributed by atoms with Gasteiger partial charge in [0.1, 0.15) is 5.82 Å². The summed E-state index contributed by atoms with van der Waals surface area (Å²) < 4.78 is 41.9. The van der Waals surface area contributed by atoms with Gasteiger partial charge in [-0.3, -0.25) is 9.59 Å². The number of nitrogens with zero attached hydrogens (tertiary/aromatic N) is 4. The summed E-state index contributed by atoms with van der Waals surface area (Å²) in [6, 6.07) is -0.395. The molecule has 2 unspecified atom stereocenters. The highest BCUT2D eigenvalue weighted by molar-refractivity contribution is 6.00. The van der Waals surface area contributed by atoms with Crippen molar-refractivity contribution in [1.29, 1.82) is 0 Å². The quantitative estimate of drug-likeness (QED) is 0.647. The number of carbonyl (C=O) groups is 2. The lowest BCUT2D eigenvalue weighted by atomic mass is 9.75. The van der Waals surface area contributed by atoms with Crippen LogP contribution in [-0.2, 0) is 12.6 Å². The lowest BCUT2D eigenvalue weighted by molar-refractivity contribution is -0.141. The maximum Gasteiger partial charge on any atom is 0.435 e. The first-order valence-electron chi connectivity index (χ1n) is 10.2. The van der Waals surface area contributed by atoms with Crippen molar-refractivity contribution in [2.45, 2.75) is 64.3 Å². The average Bonchev–Trinajstić information content (AvgIpc) is 3.24. The van der Waals surface area contributed by atoms with E-state index in [2.05, 4.69) is 20.4 Å². The third-order valence-corrected chi connectivity index (χ3v) is 5.85. The summed E-state index contributed by atoms with van der Waals surface area (Å²) in [4.78, 5) is 32.7. The summed E-state index contributed by atoms with van der Waals surface area (Å²) in [6.45, 7) is 3.56. The Morgan fingerprint density at radius 1 is 1.31 bits per heavy atom. The largest absolute Gasteiger partial charge is 0.435 e. The van der Waals surface area contributed by atoms with E-state index in [1.807, 2.05) is 0 Å². The molecule has 1 amide bonds. The Morgan fingerprint density at radius 3 is 2.62 bits per heavy atom. The van der Waals surface area contributed by atoms with Crippen LogP contribution in [0.15, 0.2) is 6.20 Å².